The van der Waals surface area contributed by atoms with Crippen LogP contribution in [0.3, 0.4) is 0 Å². The highest BCUT2D eigenvalue weighted by Crippen LogP contribution is 2.09. The minimum absolute atomic E-state index is 0.123. The quantitative estimate of drug-likeness (QED) is 0.898. The second-order valence-electron chi connectivity index (χ2n) is 4.67. The first-order valence-corrected chi connectivity index (χ1v) is 6.76. The van der Waals surface area contributed by atoms with E-state index in [4.69, 9.17) is 0 Å². The normalized spacial score (nSPS) is 11.8. The number of benzene rings is 1. The van der Waals surface area contributed by atoms with Crippen molar-refractivity contribution in [3.05, 3.63) is 35.1 Å². The van der Waals surface area contributed by atoms with Crippen molar-refractivity contribution >= 4 is 11.8 Å². The SMILES string of the molecule is CCN(CC)C(=O)C(C)NC(=O)c1ccc(F)c(C)c1. The van der Waals surface area contributed by atoms with E-state index >= 15 is 0 Å². The molecule has 1 aromatic rings. The molecule has 20 heavy (non-hydrogen) atoms. The summed E-state index contributed by atoms with van der Waals surface area (Å²) in [4.78, 5) is 25.7. The largest absolute Gasteiger partial charge is 0.341 e. The Labute approximate surface area is 119 Å². The van der Waals surface area contributed by atoms with Gasteiger partial charge in [-0.1, -0.05) is 0 Å². The van der Waals surface area contributed by atoms with Crippen LogP contribution in [-0.2, 0) is 4.79 Å². The molecular weight excluding hydrogens is 259 g/mol. The minimum atomic E-state index is -0.604. The molecule has 0 heterocycles. The lowest BCUT2D eigenvalue weighted by molar-refractivity contribution is -0.132. The molecule has 2 amide bonds. The van der Waals surface area contributed by atoms with Gasteiger partial charge in [0.15, 0.2) is 0 Å². The van der Waals surface area contributed by atoms with E-state index in [0.29, 0.717) is 24.2 Å². The van der Waals surface area contributed by atoms with Crippen LogP contribution < -0.4 is 5.32 Å². The molecule has 0 saturated carbocycles. The van der Waals surface area contributed by atoms with Crippen LogP contribution in [0.15, 0.2) is 18.2 Å². The molecule has 0 aliphatic rings. The molecule has 0 fully saturated rings. The van der Waals surface area contributed by atoms with Gasteiger partial charge in [0, 0.05) is 18.7 Å². The van der Waals surface area contributed by atoms with Gasteiger partial charge in [0.25, 0.3) is 5.91 Å². The van der Waals surface area contributed by atoms with E-state index in [1.54, 1.807) is 18.7 Å². The molecule has 4 nitrogen and oxygen atoms in total. The lowest BCUT2D eigenvalue weighted by atomic mass is 10.1. The van der Waals surface area contributed by atoms with E-state index in [0.717, 1.165) is 0 Å². The average Bonchev–Trinajstić information content (AvgIpc) is 2.42. The molecule has 1 atom stereocenters. The molecule has 0 spiro atoms. The molecule has 5 heteroatoms. The Balaban J connectivity index is 2.74. The predicted molar refractivity (Wildman–Crippen MR) is 76.0 cm³/mol. The van der Waals surface area contributed by atoms with Crippen molar-refractivity contribution in [2.75, 3.05) is 13.1 Å². The predicted octanol–water partition coefficient (Wildman–Crippen LogP) is 2.12. The molecule has 0 aromatic heterocycles. The average molecular weight is 280 g/mol. The number of rotatable bonds is 5. The fourth-order valence-electron chi connectivity index (χ4n) is 1.94. The fraction of sp³-hybridized carbons (Fsp3) is 0.467. The second kappa shape index (κ2) is 7.03. The van der Waals surface area contributed by atoms with E-state index in [-0.39, 0.29) is 17.6 Å². The zero-order chi connectivity index (χ0) is 15.3. The third kappa shape index (κ3) is 3.79. The second-order valence-corrected chi connectivity index (χ2v) is 4.67. The first-order chi connectivity index (χ1) is 9.40. The van der Waals surface area contributed by atoms with E-state index in [9.17, 15) is 14.0 Å². The molecule has 0 saturated heterocycles. The minimum Gasteiger partial charge on any atom is -0.341 e. The highest BCUT2D eigenvalue weighted by molar-refractivity contribution is 5.97. The van der Waals surface area contributed by atoms with Crippen LogP contribution in [-0.4, -0.2) is 35.8 Å². The summed E-state index contributed by atoms with van der Waals surface area (Å²) in [6, 6.07) is 3.53. The molecule has 0 aliphatic carbocycles. The third-order valence-electron chi connectivity index (χ3n) is 3.21. The van der Waals surface area contributed by atoms with Gasteiger partial charge in [-0.2, -0.15) is 0 Å². The molecule has 1 rings (SSSR count). The molecular formula is C15H21FN2O2. The molecule has 0 bridgehead atoms. The standard InChI is InChI=1S/C15H21FN2O2/c1-5-18(6-2)15(20)11(4)17-14(19)12-7-8-13(16)10(3)9-12/h7-9,11H,5-6H2,1-4H3,(H,17,19). The van der Waals surface area contributed by atoms with Gasteiger partial charge >= 0.3 is 0 Å². The molecule has 110 valence electrons. The van der Waals surface area contributed by atoms with Crippen LogP contribution in [0.25, 0.3) is 0 Å². The van der Waals surface area contributed by atoms with Crippen LogP contribution >= 0.6 is 0 Å². The lowest BCUT2D eigenvalue weighted by Gasteiger charge is -2.23. The smallest absolute Gasteiger partial charge is 0.251 e. The van der Waals surface area contributed by atoms with Crippen molar-refractivity contribution in [2.24, 2.45) is 0 Å². The van der Waals surface area contributed by atoms with Gasteiger partial charge < -0.3 is 10.2 Å². The number of halogens is 1. The Hall–Kier alpha value is -1.91. The van der Waals surface area contributed by atoms with Gasteiger partial charge in [0.05, 0.1) is 0 Å². The Kier molecular flexibility index (Phi) is 5.67. The topological polar surface area (TPSA) is 49.4 Å². The van der Waals surface area contributed by atoms with Gasteiger partial charge in [-0.25, -0.2) is 4.39 Å². The van der Waals surface area contributed by atoms with Gasteiger partial charge in [-0.3, -0.25) is 9.59 Å². The summed E-state index contributed by atoms with van der Waals surface area (Å²) in [5.41, 5.74) is 0.753. The number of hydrogen-bond donors (Lipinski definition) is 1. The van der Waals surface area contributed by atoms with Crippen LogP contribution in [0.5, 0.6) is 0 Å². The summed E-state index contributed by atoms with van der Waals surface area (Å²) in [7, 11) is 0. The number of likely N-dealkylation sites (N-methyl/N-ethyl adjacent to an activating group) is 1. The van der Waals surface area contributed by atoms with Crippen molar-refractivity contribution in [3.63, 3.8) is 0 Å². The number of nitrogens with one attached hydrogen (secondary N) is 1. The first-order valence-electron chi connectivity index (χ1n) is 6.76. The van der Waals surface area contributed by atoms with Gasteiger partial charge in [0.2, 0.25) is 5.91 Å². The number of aryl methyl sites for hydroxylation is 1. The molecule has 1 N–H and O–H groups in total. The zero-order valence-electron chi connectivity index (χ0n) is 12.4. The monoisotopic (exact) mass is 280 g/mol. The maximum Gasteiger partial charge on any atom is 0.251 e. The van der Waals surface area contributed by atoms with Crippen LogP contribution in [0, 0.1) is 12.7 Å². The number of hydrogen-bond acceptors (Lipinski definition) is 2. The van der Waals surface area contributed by atoms with Crippen molar-refractivity contribution in [2.45, 2.75) is 33.7 Å². The van der Waals surface area contributed by atoms with Crippen LogP contribution in [0.2, 0.25) is 0 Å². The number of carbonyl (C=O) groups is 2. The maximum atomic E-state index is 13.2. The summed E-state index contributed by atoms with van der Waals surface area (Å²) in [5, 5.41) is 2.64. The number of nitrogens with zero attached hydrogens (tertiary/aromatic N) is 1. The van der Waals surface area contributed by atoms with Crippen LogP contribution in [0.1, 0.15) is 36.7 Å². The number of carbonyl (C=O) groups excluding carboxylic acids is 2. The van der Waals surface area contributed by atoms with Crippen molar-refractivity contribution in [1.29, 1.82) is 0 Å². The van der Waals surface area contributed by atoms with Crippen molar-refractivity contribution in [1.82, 2.24) is 10.2 Å². The van der Waals surface area contributed by atoms with E-state index in [1.165, 1.54) is 18.2 Å². The highest BCUT2D eigenvalue weighted by atomic mass is 19.1. The molecule has 0 aliphatic heterocycles. The summed E-state index contributed by atoms with van der Waals surface area (Å²) in [6.07, 6.45) is 0. The first kappa shape index (κ1) is 16.1. The summed E-state index contributed by atoms with van der Waals surface area (Å²) < 4.78 is 13.2. The summed E-state index contributed by atoms with van der Waals surface area (Å²) in [5.74, 6) is -0.850. The van der Waals surface area contributed by atoms with E-state index < -0.39 is 6.04 Å². The van der Waals surface area contributed by atoms with Gasteiger partial charge in [-0.05, 0) is 51.5 Å². The van der Waals surface area contributed by atoms with Crippen LogP contribution in [0.4, 0.5) is 4.39 Å². The Morgan fingerprint density at radius 1 is 1.30 bits per heavy atom. The van der Waals surface area contributed by atoms with Gasteiger partial charge in [-0.15, -0.1) is 0 Å². The van der Waals surface area contributed by atoms with Crippen molar-refractivity contribution in [3.8, 4) is 0 Å². The summed E-state index contributed by atoms with van der Waals surface area (Å²) in [6.45, 7) is 8.22. The Bertz CT molecular complexity index is 499. The van der Waals surface area contributed by atoms with Crippen molar-refractivity contribution < 1.29 is 14.0 Å². The third-order valence-corrected chi connectivity index (χ3v) is 3.21. The zero-order valence-corrected chi connectivity index (χ0v) is 12.4. The van der Waals surface area contributed by atoms with E-state index in [1.807, 2.05) is 13.8 Å². The Morgan fingerprint density at radius 3 is 2.40 bits per heavy atom. The molecule has 1 unspecified atom stereocenters. The lowest BCUT2D eigenvalue weighted by Crippen LogP contribution is -2.46. The number of amides is 2. The Morgan fingerprint density at radius 2 is 1.90 bits per heavy atom. The highest BCUT2D eigenvalue weighted by Gasteiger charge is 2.20. The van der Waals surface area contributed by atoms with E-state index in [2.05, 4.69) is 5.32 Å². The summed E-state index contributed by atoms with van der Waals surface area (Å²) >= 11 is 0. The molecule has 0 radical (unpaired) electrons. The maximum absolute atomic E-state index is 13.2. The molecule has 1 aromatic carbocycles. The fourth-order valence-corrected chi connectivity index (χ4v) is 1.94. The van der Waals surface area contributed by atoms with Gasteiger partial charge in [0.1, 0.15) is 11.9 Å².